The van der Waals surface area contributed by atoms with Crippen molar-refractivity contribution in [2.45, 2.75) is 17.7 Å². The summed E-state index contributed by atoms with van der Waals surface area (Å²) >= 11 is 0. The highest BCUT2D eigenvalue weighted by Gasteiger charge is 2.34. The van der Waals surface area contributed by atoms with Crippen LogP contribution in [0.25, 0.3) is 0 Å². The number of carbonyl (C=O) groups is 2. The standard InChI is InChI=1S/C21H22FN3O5S/c22-16-5-1-4-8-19(16)31(28,29)24-11-9-15(10-12-24)20(26)23-17-6-2-3-7-18(17)25-13-14-30-21(25)27/h1-8,15H,9-14H2,(H,23,26). The normalized spacial score (nSPS) is 18.1. The number of anilines is 2. The van der Waals surface area contributed by atoms with Crippen LogP contribution in [0.3, 0.4) is 0 Å². The number of hydrogen-bond acceptors (Lipinski definition) is 5. The lowest BCUT2D eigenvalue weighted by molar-refractivity contribution is -0.120. The summed E-state index contributed by atoms with van der Waals surface area (Å²) in [4.78, 5) is 25.8. The van der Waals surface area contributed by atoms with Gasteiger partial charge in [-0.2, -0.15) is 4.31 Å². The molecular formula is C21H22FN3O5S. The van der Waals surface area contributed by atoms with Crippen LogP contribution < -0.4 is 10.2 Å². The molecule has 2 amide bonds. The van der Waals surface area contributed by atoms with Gasteiger partial charge < -0.3 is 10.1 Å². The van der Waals surface area contributed by atoms with Gasteiger partial charge in [0, 0.05) is 19.0 Å². The Labute approximate surface area is 179 Å². The Bertz CT molecular complexity index is 1100. The molecule has 1 N–H and O–H groups in total. The van der Waals surface area contributed by atoms with E-state index in [4.69, 9.17) is 4.74 Å². The summed E-state index contributed by atoms with van der Waals surface area (Å²) in [7, 11) is -3.96. The van der Waals surface area contributed by atoms with Crippen molar-refractivity contribution >= 4 is 33.4 Å². The van der Waals surface area contributed by atoms with Crippen molar-refractivity contribution in [3.63, 3.8) is 0 Å². The van der Waals surface area contributed by atoms with Crippen molar-refractivity contribution in [3.05, 3.63) is 54.3 Å². The molecule has 4 rings (SSSR count). The van der Waals surface area contributed by atoms with E-state index < -0.39 is 27.9 Å². The molecule has 10 heteroatoms. The first-order valence-electron chi connectivity index (χ1n) is 9.97. The molecule has 0 aromatic heterocycles. The van der Waals surface area contributed by atoms with Crippen molar-refractivity contribution in [2.75, 3.05) is 36.5 Å². The summed E-state index contributed by atoms with van der Waals surface area (Å²) in [5.41, 5.74) is 1.05. The smallest absolute Gasteiger partial charge is 0.414 e. The van der Waals surface area contributed by atoms with Crippen molar-refractivity contribution in [2.24, 2.45) is 5.92 Å². The van der Waals surface area contributed by atoms with Gasteiger partial charge in [-0.25, -0.2) is 17.6 Å². The van der Waals surface area contributed by atoms with Gasteiger partial charge in [-0.05, 0) is 37.1 Å². The Morgan fingerprint density at radius 2 is 1.71 bits per heavy atom. The van der Waals surface area contributed by atoms with Gasteiger partial charge in [-0.3, -0.25) is 9.69 Å². The predicted octanol–water partition coefficient (Wildman–Crippen LogP) is 2.82. The van der Waals surface area contributed by atoms with Gasteiger partial charge >= 0.3 is 6.09 Å². The summed E-state index contributed by atoms with van der Waals surface area (Å²) in [6.07, 6.45) is 0.161. The van der Waals surface area contributed by atoms with Gasteiger partial charge in [0.2, 0.25) is 15.9 Å². The molecule has 8 nitrogen and oxygen atoms in total. The molecular weight excluding hydrogens is 425 g/mol. The molecule has 31 heavy (non-hydrogen) atoms. The van der Waals surface area contributed by atoms with Crippen LogP contribution in [0.2, 0.25) is 0 Å². The first-order valence-corrected chi connectivity index (χ1v) is 11.4. The SMILES string of the molecule is O=C(Nc1ccccc1N1CCOC1=O)C1CCN(S(=O)(=O)c2ccccc2F)CC1. The van der Waals surface area contributed by atoms with E-state index in [0.717, 1.165) is 6.07 Å². The average molecular weight is 447 g/mol. The van der Waals surface area contributed by atoms with Gasteiger partial charge in [0.25, 0.3) is 0 Å². The summed E-state index contributed by atoms with van der Waals surface area (Å²) in [5.74, 6) is -1.44. The molecule has 2 aliphatic rings. The lowest BCUT2D eigenvalue weighted by Crippen LogP contribution is -2.41. The Balaban J connectivity index is 1.42. The number of amides is 2. The summed E-state index contributed by atoms with van der Waals surface area (Å²) < 4.78 is 45.6. The summed E-state index contributed by atoms with van der Waals surface area (Å²) in [6.45, 7) is 0.928. The molecule has 2 aromatic carbocycles. The predicted molar refractivity (Wildman–Crippen MR) is 112 cm³/mol. The van der Waals surface area contributed by atoms with Gasteiger partial charge in [0.15, 0.2) is 0 Å². The van der Waals surface area contributed by atoms with Crippen molar-refractivity contribution in [3.8, 4) is 0 Å². The van der Waals surface area contributed by atoms with E-state index in [2.05, 4.69) is 5.32 Å². The largest absolute Gasteiger partial charge is 0.447 e. The van der Waals surface area contributed by atoms with Crippen LogP contribution in [-0.2, 0) is 19.6 Å². The third-order valence-electron chi connectivity index (χ3n) is 5.49. The van der Waals surface area contributed by atoms with E-state index in [1.807, 2.05) is 0 Å². The molecule has 164 valence electrons. The molecule has 2 saturated heterocycles. The highest BCUT2D eigenvalue weighted by molar-refractivity contribution is 7.89. The van der Waals surface area contributed by atoms with E-state index >= 15 is 0 Å². The van der Waals surface area contributed by atoms with E-state index in [9.17, 15) is 22.4 Å². The summed E-state index contributed by atoms with van der Waals surface area (Å²) in [5, 5.41) is 2.86. The Kier molecular flexibility index (Phi) is 5.92. The number of nitrogens with zero attached hydrogens (tertiary/aromatic N) is 2. The van der Waals surface area contributed by atoms with Gasteiger partial charge in [0.05, 0.1) is 17.9 Å². The Morgan fingerprint density at radius 3 is 2.39 bits per heavy atom. The minimum atomic E-state index is -3.96. The van der Waals surface area contributed by atoms with Crippen LogP contribution >= 0.6 is 0 Å². The number of carbonyl (C=O) groups excluding carboxylic acids is 2. The second-order valence-corrected chi connectivity index (χ2v) is 9.29. The molecule has 2 fully saturated rings. The molecule has 2 heterocycles. The minimum absolute atomic E-state index is 0.120. The van der Waals surface area contributed by atoms with Crippen LogP contribution in [0.5, 0.6) is 0 Å². The Morgan fingerprint density at radius 1 is 1.03 bits per heavy atom. The van der Waals surface area contributed by atoms with Gasteiger partial charge in [-0.1, -0.05) is 24.3 Å². The highest BCUT2D eigenvalue weighted by atomic mass is 32.2. The highest BCUT2D eigenvalue weighted by Crippen LogP contribution is 2.30. The molecule has 0 bridgehead atoms. The zero-order valence-corrected chi connectivity index (χ0v) is 17.5. The van der Waals surface area contributed by atoms with Gasteiger partial charge in [0.1, 0.15) is 17.3 Å². The molecule has 0 atom stereocenters. The third kappa shape index (κ3) is 4.26. The molecule has 0 radical (unpaired) electrons. The zero-order chi connectivity index (χ0) is 22.0. The number of cyclic esters (lactones) is 1. The number of sulfonamides is 1. The van der Waals surface area contributed by atoms with Crippen LogP contribution in [0.1, 0.15) is 12.8 Å². The number of hydrogen-bond donors (Lipinski definition) is 1. The fraction of sp³-hybridized carbons (Fsp3) is 0.333. The molecule has 0 unspecified atom stereocenters. The molecule has 2 aromatic rings. The topological polar surface area (TPSA) is 96.0 Å². The fourth-order valence-corrected chi connectivity index (χ4v) is 5.35. The third-order valence-corrected chi connectivity index (χ3v) is 7.42. The maximum atomic E-state index is 14.0. The number of rotatable bonds is 5. The molecule has 0 aliphatic carbocycles. The zero-order valence-electron chi connectivity index (χ0n) is 16.7. The minimum Gasteiger partial charge on any atom is -0.447 e. The first kappa shape index (κ1) is 21.3. The number of benzene rings is 2. The van der Waals surface area contributed by atoms with E-state index in [1.54, 1.807) is 24.3 Å². The van der Waals surface area contributed by atoms with Crippen LogP contribution in [0, 0.1) is 11.7 Å². The average Bonchev–Trinajstić information content (AvgIpc) is 3.20. The lowest BCUT2D eigenvalue weighted by atomic mass is 9.97. The quantitative estimate of drug-likeness (QED) is 0.761. The second-order valence-electron chi connectivity index (χ2n) is 7.38. The summed E-state index contributed by atoms with van der Waals surface area (Å²) in [6, 6.07) is 12.2. The van der Waals surface area contributed by atoms with Crippen LogP contribution in [0.4, 0.5) is 20.6 Å². The number of para-hydroxylation sites is 2. The monoisotopic (exact) mass is 447 g/mol. The van der Waals surface area contributed by atoms with Crippen LogP contribution in [-0.4, -0.2) is 51.0 Å². The van der Waals surface area contributed by atoms with Crippen molar-refractivity contribution in [1.82, 2.24) is 4.31 Å². The number of ether oxygens (including phenoxy) is 1. The maximum Gasteiger partial charge on any atom is 0.414 e. The number of nitrogens with one attached hydrogen (secondary N) is 1. The molecule has 0 saturated carbocycles. The van der Waals surface area contributed by atoms with E-state index in [1.165, 1.54) is 27.4 Å². The lowest BCUT2D eigenvalue weighted by Gasteiger charge is -2.31. The molecule has 2 aliphatic heterocycles. The van der Waals surface area contributed by atoms with Crippen LogP contribution in [0.15, 0.2) is 53.4 Å². The number of halogens is 1. The maximum absolute atomic E-state index is 14.0. The van der Waals surface area contributed by atoms with Gasteiger partial charge in [-0.15, -0.1) is 0 Å². The van der Waals surface area contributed by atoms with Crippen molar-refractivity contribution < 1.29 is 27.1 Å². The first-order chi connectivity index (χ1) is 14.9. The fourth-order valence-electron chi connectivity index (χ4n) is 3.81. The van der Waals surface area contributed by atoms with Crippen molar-refractivity contribution in [1.29, 1.82) is 0 Å². The second kappa shape index (κ2) is 8.64. The number of piperidine rings is 1. The Hall–Kier alpha value is -2.98. The molecule has 0 spiro atoms. The van der Waals surface area contributed by atoms with E-state index in [0.29, 0.717) is 30.8 Å². The van der Waals surface area contributed by atoms with E-state index in [-0.39, 0.29) is 30.5 Å².